The molecule has 0 aromatic heterocycles. The van der Waals surface area contributed by atoms with Crippen LogP contribution in [0, 0.1) is 6.92 Å². The van der Waals surface area contributed by atoms with Gasteiger partial charge in [0, 0.05) is 11.1 Å². The average molecular weight is 378 g/mol. The lowest BCUT2D eigenvalue weighted by atomic mass is 10.2. The fourth-order valence-electron chi connectivity index (χ4n) is 2.28. The molecule has 0 aliphatic carbocycles. The summed E-state index contributed by atoms with van der Waals surface area (Å²) in [5.74, 6) is 1.77. The van der Waals surface area contributed by atoms with Crippen molar-refractivity contribution in [3.05, 3.63) is 53.1 Å². The molecule has 0 unspecified atom stereocenters. The minimum absolute atomic E-state index is 0.180. The Labute approximate surface area is 159 Å². The van der Waals surface area contributed by atoms with Crippen LogP contribution in [0.3, 0.4) is 0 Å². The first-order valence-corrected chi connectivity index (χ1v) is 8.88. The Morgan fingerprint density at radius 1 is 1.15 bits per heavy atom. The third-order valence-corrected chi connectivity index (χ3v) is 4.20. The molecule has 0 bridgehead atoms. The summed E-state index contributed by atoms with van der Waals surface area (Å²) in [4.78, 5) is 12.3. The first-order chi connectivity index (χ1) is 12.5. The third kappa shape index (κ3) is 5.85. The van der Waals surface area contributed by atoms with Crippen LogP contribution in [-0.2, 0) is 4.79 Å². The van der Waals surface area contributed by atoms with E-state index < -0.39 is 6.10 Å². The first-order valence-electron chi connectivity index (χ1n) is 8.51. The van der Waals surface area contributed by atoms with Crippen LogP contribution < -0.4 is 19.5 Å². The van der Waals surface area contributed by atoms with Crippen molar-refractivity contribution in [3.63, 3.8) is 0 Å². The van der Waals surface area contributed by atoms with Crippen molar-refractivity contribution in [2.24, 2.45) is 0 Å². The van der Waals surface area contributed by atoms with Crippen LogP contribution in [0.1, 0.15) is 18.9 Å². The number of carbonyl (C=O) groups excluding carboxylic acids is 1. The fourth-order valence-corrected chi connectivity index (χ4v) is 2.45. The zero-order valence-electron chi connectivity index (χ0n) is 15.3. The molecule has 1 N–H and O–H groups in total. The quantitative estimate of drug-likeness (QED) is 0.671. The normalized spacial score (nSPS) is 11.5. The van der Waals surface area contributed by atoms with Gasteiger partial charge in [-0.05, 0) is 43.2 Å². The topological polar surface area (TPSA) is 56.8 Å². The van der Waals surface area contributed by atoms with Crippen LogP contribution in [0.25, 0.3) is 0 Å². The van der Waals surface area contributed by atoms with Gasteiger partial charge in [0.25, 0.3) is 5.91 Å². The van der Waals surface area contributed by atoms with Crippen LogP contribution >= 0.6 is 11.6 Å². The van der Waals surface area contributed by atoms with Crippen molar-refractivity contribution in [3.8, 4) is 17.2 Å². The van der Waals surface area contributed by atoms with E-state index in [0.717, 1.165) is 5.56 Å². The Morgan fingerprint density at radius 3 is 2.62 bits per heavy atom. The second kappa shape index (κ2) is 9.92. The van der Waals surface area contributed by atoms with Gasteiger partial charge in [0.2, 0.25) is 0 Å². The molecule has 0 aliphatic heterocycles. The van der Waals surface area contributed by atoms with Gasteiger partial charge in [-0.2, -0.15) is 0 Å². The average Bonchev–Trinajstić information content (AvgIpc) is 2.66. The molecule has 0 saturated carbocycles. The van der Waals surface area contributed by atoms with Crippen molar-refractivity contribution < 1.29 is 19.0 Å². The maximum absolute atomic E-state index is 12.3. The van der Waals surface area contributed by atoms with Crippen molar-refractivity contribution in [1.29, 1.82) is 0 Å². The Morgan fingerprint density at radius 2 is 1.92 bits per heavy atom. The minimum Gasteiger partial charge on any atom is -0.497 e. The predicted molar refractivity (Wildman–Crippen MR) is 102 cm³/mol. The Hall–Kier alpha value is -2.40. The number of ether oxygens (including phenoxy) is 3. The first kappa shape index (κ1) is 19.9. The monoisotopic (exact) mass is 377 g/mol. The summed E-state index contributed by atoms with van der Waals surface area (Å²) in [6, 6.07) is 12.7. The summed E-state index contributed by atoms with van der Waals surface area (Å²) in [7, 11) is 1.59. The lowest BCUT2D eigenvalue weighted by Gasteiger charge is -2.18. The molecule has 0 aliphatic rings. The number of halogens is 1. The highest BCUT2D eigenvalue weighted by Crippen LogP contribution is 2.22. The molecule has 2 aromatic carbocycles. The molecular formula is C20H24ClNO4. The van der Waals surface area contributed by atoms with E-state index in [1.54, 1.807) is 25.3 Å². The van der Waals surface area contributed by atoms with E-state index in [4.69, 9.17) is 25.8 Å². The molecular weight excluding hydrogens is 354 g/mol. The van der Waals surface area contributed by atoms with E-state index in [0.29, 0.717) is 41.8 Å². The lowest BCUT2D eigenvalue weighted by Crippen LogP contribution is -2.39. The molecule has 0 spiro atoms. The highest BCUT2D eigenvalue weighted by atomic mass is 35.5. The summed E-state index contributed by atoms with van der Waals surface area (Å²) in [6.07, 6.45) is -0.0202. The van der Waals surface area contributed by atoms with Gasteiger partial charge in [-0.3, -0.25) is 4.79 Å². The SMILES string of the molecule is CC[C@H](Oc1cccc(OC)c1)C(=O)NCCOc1ccc(C)c(Cl)c1. The Balaban J connectivity index is 1.80. The standard InChI is InChI=1S/C20H24ClNO4/c1-4-19(26-17-7-5-6-15(12-17)24-3)20(23)22-10-11-25-16-9-8-14(2)18(21)13-16/h5-9,12-13,19H,4,10-11H2,1-3H3,(H,22,23)/t19-/m0/s1. The maximum Gasteiger partial charge on any atom is 0.261 e. The summed E-state index contributed by atoms with van der Waals surface area (Å²) in [6.45, 7) is 4.55. The molecule has 0 heterocycles. The Bertz CT molecular complexity index is 736. The molecule has 140 valence electrons. The molecule has 5 nitrogen and oxygen atoms in total. The molecule has 26 heavy (non-hydrogen) atoms. The number of benzene rings is 2. The molecule has 2 rings (SSSR count). The second-order valence-corrected chi connectivity index (χ2v) is 6.15. The van der Waals surface area contributed by atoms with E-state index in [2.05, 4.69) is 5.32 Å². The highest BCUT2D eigenvalue weighted by molar-refractivity contribution is 6.31. The number of nitrogens with one attached hydrogen (secondary N) is 1. The number of carbonyl (C=O) groups is 1. The maximum atomic E-state index is 12.3. The lowest BCUT2D eigenvalue weighted by molar-refractivity contribution is -0.128. The molecule has 1 atom stereocenters. The zero-order chi connectivity index (χ0) is 18.9. The van der Waals surface area contributed by atoms with Crippen molar-refractivity contribution in [2.75, 3.05) is 20.3 Å². The predicted octanol–water partition coefficient (Wildman–Crippen LogP) is 4.01. The van der Waals surface area contributed by atoms with Gasteiger partial charge in [0.1, 0.15) is 23.9 Å². The van der Waals surface area contributed by atoms with E-state index in [1.807, 2.05) is 38.1 Å². The summed E-state index contributed by atoms with van der Waals surface area (Å²) in [5, 5.41) is 3.48. The fraction of sp³-hybridized carbons (Fsp3) is 0.350. The number of hydrogen-bond donors (Lipinski definition) is 1. The molecule has 2 aromatic rings. The highest BCUT2D eigenvalue weighted by Gasteiger charge is 2.18. The molecule has 0 saturated heterocycles. The van der Waals surface area contributed by atoms with Crippen LogP contribution in [0.15, 0.2) is 42.5 Å². The van der Waals surface area contributed by atoms with Crippen LogP contribution in [0.4, 0.5) is 0 Å². The Kier molecular flexibility index (Phi) is 7.60. The van der Waals surface area contributed by atoms with Crippen LogP contribution in [-0.4, -0.2) is 32.3 Å². The number of rotatable bonds is 9. The number of methoxy groups -OCH3 is 1. The zero-order valence-corrected chi connectivity index (χ0v) is 16.0. The summed E-state index contributed by atoms with van der Waals surface area (Å²) >= 11 is 6.06. The van der Waals surface area contributed by atoms with Crippen LogP contribution in [0.2, 0.25) is 5.02 Å². The van der Waals surface area contributed by atoms with E-state index in [-0.39, 0.29) is 5.91 Å². The van der Waals surface area contributed by atoms with Crippen molar-refractivity contribution >= 4 is 17.5 Å². The molecule has 1 amide bonds. The van der Waals surface area contributed by atoms with E-state index in [1.165, 1.54) is 0 Å². The van der Waals surface area contributed by atoms with Crippen molar-refractivity contribution in [1.82, 2.24) is 5.32 Å². The largest absolute Gasteiger partial charge is 0.497 e. The van der Waals surface area contributed by atoms with E-state index >= 15 is 0 Å². The number of hydrogen-bond acceptors (Lipinski definition) is 4. The van der Waals surface area contributed by atoms with Gasteiger partial charge in [-0.1, -0.05) is 30.7 Å². The number of amides is 1. The summed E-state index contributed by atoms with van der Waals surface area (Å²) in [5.41, 5.74) is 0.993. The van der Waals surface area contributed by atoms with Gasteiger partial charge in [-0.15, -0.1) is 0 Å². The van der Waals surface area contributed by atoms with Gasteiger partial charge < -0.3 is 19.5 Å². The molecule has 6 heteroatoms. The molecule has 0 radical (unpaired) electrons. The van der Waals surface area contributed by atoms with Gasteiger partial charge in [0.15, 0.2) is 6.10 Å². The molecule has 0 fully saturated rings. The second-order valence-electron chi connectivity index (χ2n) is 5.74. The van der Waals surface area contributed by atoms with Gasteiger partial charge in [-0.25, -0.2) is 0 Å². The number of aryl methyl sites for hydroxylation is 1. The van der Waals surface area contributed by atoms with Crippen LogP contribution in [0.5, 0.6) is 17.2 Å². The third-order valence-electron chi connectivity index (χ3n) is 3.80. The smallest absolute Gasteiger partial charge is 0.261 e. The van der Waals surface area contributed by atoms with Gasteiger partial charge >= 0.3 is 0 Å². The van der Waals surface area contributed by atoms with Crippen molar-refractivity contribution in [2.45, 2.75) is 26.4 Å². The van der Waals surface area contributed by atoms with Gasteiger partial charge in [0.05, 0.1) is 13.7 Å². The summed E-state index contributed by atoms with van der Waals surface area (Å²) < 4.78 is 16.5. The van der Waals surface area contributed by atoms with E-state index in [9.17, 15) is 4.79 Å². The minimum atomic E-state index is -0.573.